The van der Waals surface area contributed by atoms with Crippen LogP contribution in [0.1, 0.15) is 0 Å². The molecule has 60 valence electrons. The number of hydrogen-bond acceptors (Lipinski definition) is 2. The molecule has 0 aliphatic heterocycles. The summed E-state index contributed by atoms with van der Waals surface area (Å²) >= 11 is 3.32. The zero-order valence-corrected chi connectivity index (χ0v) is 6.89. The molecule has 1 aromatic carbocycles. The smallest absolute Gasteiger partial charge is 0.190 e. The van der Waals surface area contributed by atoms with Gasteiger partial charge in [-0.05, 0) is 18.2 Å². The van der Waals surface area contributed by atoms with Crippen LogP contribution in [-0.4, -0.2) is 13.9 Å². The van der Waals surface area contributed by atoms with Crippen LogP contribution in [0.25, 0.3) is 0 Å². The maximum absolute atomic E-state index is 10.5. The molecule has 0 amide bonds. The normalized spacial score (nSPS) is 12.9. The third-order valence-corrected chi connectivity index (χ3v) is 2.05. The standard InChI is InChI=1S/C6H5ClO3S/c7-4-1-2-5(8)6(3-4)11(9)10/h1-3,8H,(H,9,10). The van der Waals surface area contributed by atoms with Crippen LogP contribution in [0.2, 0.25) is 5.02 Å². The van der Waals surface area contributed by atoms with Gasteiger partial charge in [0.1, 0.15) is 10.6 Å². The number of rotatable bonds is 1. The van der Waals surface area contributed by atoms with Gasteiger partial charge in [0.2, 0.25) is 0 Å². The third kappa shape index (κ3) is 1.92. The van der Waals surface area contributed by atoms with E-state index in [1.807, 2.05) is 0 Å². The summed E-state index contributed by atoms with van der Waals surface area (Å²) in [7, 11) is 0. The lowest BCUT2D eigenvalue weighted by atomic mass is 10.3. The lowest BCUT2D eigenvalue weighted by Crippen LogP contribution is -1.88. The summed E-state index contributed by atoms with van der Waals surface area (Å²) in [5, 5.41) is 9.31. The summed E-state index contributed by atoms with van der Waals surface area (Å²) in [6.07, 6.45) is 0. The summed E-state index contributed by atoms with van der Waals surface area (Å²) in [6, 6.07) is 3.95. The minimum absolute atomic E-state index is 0.0718. The highest BCUT2D eigenvalue weighted by Crippen LogP contribution is 2.23. The molecule has 11 heavy (non-hydrogen) atoms. The average molecular weight is 193 g/mol. The first-order chi connectivity index (χ1) is 5.11. The lowest BCUT2D eigenvalue weighted by molar-refractivity contribution is 0.457. The molecule has 0 saturated carbocycles. The van der Waals surface area contributed by atoms with E-state index in [0.29, 0.717) is 5.02 Å². The Bertz CT molecular complexity index is 300. The first-order valence-electron chi connectivity index (χ1n) is 2.70. The average Bonchev–Trinajstić information content (AvgIpc) is 1.94. The fraction of sp³-hybridized carbons (Fsp3) is 0. The molecule has 0 aliphatic rings. The molecule has 1 atom stereocenters. The van der Waals surface area contributed by atoms with Crippen molar-refractivity contribution in [3.05, 3.63) is 23.2 Å². The second-order valence-electron chi connectivity index (χ2n) is 1.86. The van der Waals surface area contributed by atoms with Crippen molar-refractivity contribution in [2.45, 2.75) is 4.90 Å². The van der Waals surface area contributed by atoms with Crippen molar-refractivity contribution in [2.24, 2.45) is 0 Å². The van der Waals surface area contributed by atoms with E-state index in [1.165, 1.54) is 18.2 Å². The van der Waals surface area contributed by atoms with Gasteiger partial charge in [0, 0.05) is 5.02 Å². The van der Waals surface area contributed by atoms with E-state index in [9.17, 15) is 4.21 Å². The molecule has 0 saturated heterocycles. The largest absolute Gasteiger partial charge is 0.507 e. The van der Waals surface area contributed by atoms with Gasteiger partial charge < -0.3 is 9.66 Å². The fourth-order valence-electron chi connectivity index (χ4n) is 0.628. The number of phenolic OH excluding ortho intramolecular Hbond substituents is 1. The summed E-state index contributed by atoms with van der Waals surface area (Å²) < 4.78 is 19.0. The monoisotopic (exact) mass is 192 g/mol. The Kier molecular flexibility index (Phi) is 2.49. The summed E-state index contributed by atoms with van der Waals surface area (Å²) in [4.78, 5) is -0.0718. The molecule has 0 spiro atoms. The molecule has 0 radical (unpaired) electrons. The van der Waals surface area contributed by atoms with Crippen molar-refractivity contribution in [1.82, 2.24) is 0 Å². The number of hydrogen-bond donors (Lipinski definition) is 2. The predicted molar refractivity (Wildman–Crippen MR) is 42.2 cm³/mol. The van der Waals surface area contributed by atoms with Crippen molar-refractivity contribution >= 4 is 22.7 Å². The SMILES string of the molecule is O=S(O)c1cc(Cl)ccc1O. The Morgan fingerprint density at radius 1 is 1.45 bits per heavy atom. The molecule has 1 rings (SSSR count). The van der Waals surface area contributed by atoms with Crippen molar-refractivity contribution in [3.63, 3.8) is 0 Å². The number of benzene rings is 1. The zero-order chi connectivity index (χ0) is 8.43. The number of phenols is 1. The number of halogens is 1. The molecule has 0 aliphatic carbocycles. The van der Waals surface area contributed by atoms with Crippen LogP contribution in [0, 0.1) is 0 Å². The highest BCUT2D eigenvalue weighted by molar-refractivity contribution is 7.79. The van der Waals surface area contributed by atoms with Gasteiger partial charge in [0.15, 0.2) is 11.1 Å². The molecule has 0 bridgehead atoms. The van der Waals surface area contributed by atoms with Crippen LogP contribution < -0.4 is 0 Å². The lowest BCUT2D eigenvalue weighted by Gasteiger charge is -1.98. The van der Waals surface area contributed by atoms with Crippen LogP contribution in [-0.2, 0) is 11.1 Å². The molecule has 3 nitrogen and oxygen atoms in total. The Hall–Kier alpha value is -0.580. The van der Waals surface area contributed by atoms with E-state index in [-0.39, 0.29) is 10.6 Å². The van der Waals surface area contributed by atoms with Gasteiger partial charge in [0.25, 0.3) is 0 Å². The van der Waals surface area contributed by atoms with Gasteiger partial charge in [-0.1, -0.05) is 11.6 Å². The predicted octanol–water partition coefficient (Wildman–Crippen LogP) is 1.63. The first kappa shape index (κ1) is 8.52. The molecule has 0 aromatic heterocycles. The van der Waals surface area contributed by atoms with E-state index in [1.54, 1.807) is 0 Å². The Balaban J connectivity index is 3.23. The fourth-order valence-corrected chi connectivity index (χ4v) is 1.34. The van der Waals surface area contributed by atoms with Crippen molar-refractivity contribution in [3.8, 4) is 5.75 Å². The van der Waals surface area contributed by atoms with Gasteiger partial charge in [-0.15, -0.1) is 0 Å². The van der Waals surface area contributed by atoms with E-state index < -0.39 is 11.1 Å². The van der Waals surface area contributed by atoms with Gasteiger partial charge in [-0.3, -0.25) is 0 Å². The first-order valence-corrected chi connectivity index (χ1v) is 4.19. The van der Waals surface area contributed by atoms with Crippen LogP contribution in [0.3, 0.4) is 0 Å². The van der Waals surface area contributed by atoms with Crippen molar-refractivity contribution in [1.29, 1.82) is 0 Å². The van der Waals surface area contributed by atoms with Gasteiger partial charge in [-0.2, -0.15) is 0 Å². The Morgan fingerprint density at radius 3 is 2.55 bits per heavy atom. The Morgan fingerprint density at radius 2 is 2.09 bits per heavy atom. The second kappa shape index (κ2) is 3.21. The molecule has 5 heteroatoms. The van der Waals surface area contributed by atoms with Crippen LogP contribution >= 0.6 is 11.6 Å². The van der Waals surface area contributed by atoms with Crippen LogP contribution in [0.4, 0.5) is 0 Å². The van der Waals surface area contributed by atoms with Gasteiger partial charge in [-0.25, -0.2) is 4.21 Å². The van der Waals surface area contributed by atoms with E-state index in [2.05, 4.69) is 0 Å². The maximum Gasteiger partial charge on any atom is 0.190 e. The van der Waals surface area contributed by atoms with Crippen LogP contribution in [0.5, 0.6) is 5.75 Å². The third-order valence-electron chi connectivity index (χ3n) is 1.11. The van der Waals surface area contributed by atoms with Crippen molar-refractivity contribution in [2.75, 3.05) is 0 Å². The van der Waals surface area contributed by atoms with Crippen LogP contribution in [0.15, 0.2) is 23.1 Å². The minimum Gasteiger partial charge on any atom is -0.507 e. The zero-order valence-electron chi connectivity index (χ0n) is 5.32. The summed E-state index contributed by atoms with van der Waals surface area (Å²) in [5.74, 6) is -0.227. The summed E-state index contributed by atoms with van der Waals surface area (Å²) in [5.41, 5.74) is 0. The highest BCUT2D eigenvalue weighted by atomic mass is 35.5. The number of aromatic hydroxyl groups is 1. The van der Waals surface area contributed by atoms with Crippen molar-refractivity contribution < 1.29 is 13.9 Å². The summed E-state index contributed by atoms with van der Waals surface area (Å²) in [6.45, 7) is 0. The molecule has 1 aromatic rings. The molecular formula is C6H5ClO3S. The topological polar surface area (TPSA) is 57.5 Å². The molecule has 0 fully saturated rings. The molecule has 0 heterocycles. The Labute approximate surface area is 70.9 Å². The minimum atomic E-state index is -2.19. The second-order valence-corrected chi connectivity index (χ2v) is 3.24. The highest BCUT2D eigenvalue weighted by Gasteiger charge is 2.06. The molecular weight excluding hydrogens is 188 g/mol. The quantitative estimate of drug-likeness (QED) is 0.665. The van der Waals surface area contributed by atoms with E-state index in [4.69, 9.17) is 21.3 Å². The van der Waals surface area contributed by atoms with E-state index >= 15 is 0 Å². The van der Waals surface area contributed by atoms with Gasteiger partial charge >= 0.3 is 0 Å². The van der Waals surface area contributed by atoms with E-state index in [0.717, 1.165) is 0 Å². The van der Waals surface area contributed by atoms with Gasteiger partial charge in [0.05, 0.1) is 0 Å². The maximum atomic E-state index is 10.5. The molecule has 1 unspecified atom stereocenters. The molecule has 2 N–H and O–H groups in total.